The molecule has 128 valence electrons. The molecule has 0 spiro atoms. The molecule has 0 aliphatic heterocycles. The van der Waals surface area contributed by atoms with Gasteiger partial charge in [-0.1, -0.05) is 11.6 Å². The van der Waals surface area contributed by atoms with Gasteiger partial charge in [0.1, 0.15) is 11.4 Å². The Balaban J connectivity index is 2.04. The number of aromatic nitrogens is 1. The van der Waals surface area contributed by atoms with Crippen molar-refractivity contribution in [1.29, 1.82) is 0 Å². The van der Waals surface area contributed by atoms with Crippen LogP contribution in [-0.2, 0) is 0 Å². The Kier molecular flexibility index (Phi) is 6.40. The van der Waals surface area contributed by atoms with Crippen molar-refractivity contribution in [3.05, 3.63) is 47.2 Å². The highest BCUT2D eigenvalue weighted by Crippen LogP contribution is 2.28. The normalized spacial score (nSPS) is 10.5. The number of amides is 1. The zero-order valence-electron chi connectivity index (χ0n) is 14.0. The molecule has 0 unspecified atom stereocenters. The molecule has 0 saturated carbocycles. The number of nitrogens with zero attached hydrogens (tertiary/aromatic N) is 2. The summed E-state index contributed by atoms with van der Waals surface area (Å²) in [6.45, 7) is 1.34. The van der Waals surface area contributed by atoms with Crippen LogP contribution in [0.4, 0.5) is 11.4 Å². The van der Waals surface area contributed by atoms with Gasteiger partial charge in [0.15, 0.2) is 0 Å². The van der Waals surface area contributed by atoms with E-state index in [0.29, 0.717) is 23.0 Å². The van der Waals surface area contributed by atoms with Gasteiger partial charge >= 0.3 is 0 Å². The van der Waals surface area contributed by atoms with E-state index in [1.165, 1.54) is 0 Å². The Morgan fingerprint density at radius 1 is 1.25 bits per heavy atom. The molecular formula is C17H21ClN4O2. The minimum Gasteiger partial charge on any atom is -0.495 e. The molecule has 0 aliphatic carbocycles. The van der Waals surface area contributed by atoms with Gasteiger partial charge < -0.3 is 20.3 Å². The molecule has 0 radical (unpaired) electrons. The molecule has 0 aliphatic rings. The summed E-state index contributed by atoms with van der Waals surface area (Å²) in [7, 11) is 5.47. The SMILES string of the molecule is COc1ccc(Nc2ccnc(C(=O)NCCN(C)C)c2)cc1Cl. The molecule has 6 nitrogen and oxygen atoms in total. The van der Waals surface area contributed by atoms with Crippen molar-refractivity contribution in [3.8, 4) is 5.75 Å². The lowest BCUT2D eigenvalue weighted by Gasteiger charge is -2.11. The van der Waals surface area contributed by atoms with Crippen LogP contribution in [-0.4, -0.2) is 50.1 Å². The van der Waals surface area contributed by atoms with Gasteiger partial charge in [-0.25, -0.2) is 0 Å². The van der Waals surface area contributed by atoms with Crippen molar-refractivity contribution in [2.24, 2.45) is 0 Å². The summed E-state index contributed by atoms with van der Waals surface area (Å²) in [4.78, 5) is 18.2. The first-order chi connectivity index (χ1) is 11.5. The fraction of sp³-hybridized carbons (Fsp3) is 0.294. The maximum Gasteiger partial charge on any atom is 0.269 e. The zero-order chi connectivity index (χ0) is 17.5. The second-order valence-electron chi connectivity index (χ2n) is 5.46. The Hall–Kier alpha value is -2.31. The van der Waals surface area contributed by atoms with Gasteiger partial charge in [0, 0.05) is 30.7 Å². The van der Waals surface area contributed by atoms with Crippen molar-refractivity contribution in [2.45, 2.75) is 0 Å². The van der Waals surface area contributed by atoms with Crippen LogP contribution in [0, 0.1) is 0 Å². The van der Waals surface area contributed by atoms with Gasteiger partial charge in [-0.05, 0) is 44.4 Å². The number of halogens is 1. The summed E-state index contributed by atoms with van der Waals surface area (Å²) in [5.74, 6) is 0.408. The van der Waals surface area contributed by atoms with Crippen LogP contribution in [0.1, 0.15) is 10.5 Å². The van der Waals surface area contributed by atoms with Gasteiger partial charge in [0.05, 0.1) is 12.1 Å². The average molecular weight is 349 g/mol. The van der Waals surface area contributed by atoms with Crippen molar-refractivity contribution in [3.63, 3.8) is 0 Å². The number of hydrogen-bond donors (Lipinski definition) is 2. The van der Waals surface area contributed by atoms with E-state index in [1.54, 1.807) is 37.6 Å². The van der Waals surface area contributed by atoms with Gasteiger partial charge in [-0.3, -0.25) is 9.78 Å². The van der Waals surface area contributed by atoms with E-state index in [4.69, 9.17) is 16.3 Å². The van der Waals surface area contributed by atoms with Crippen molar-refractivity contribution >= 4 is 28.9 Å². The number of ether oxygens (including phenoxy) is 1. The third kappa shape index (κ3) is 5.11. The molecule has 0 fully saturated rings. The van der Waals surface area contributed by atoms with E-state index >= 15 is 0 Å². The van der Waals surface area contributed by atoms with Crippen LogP contribution in [0.3, 0.4) is 0 Å². The molecule has 0 atom stereocenters. The van der Waals surface area contributed by atoms with E-state index in [1.807, 2.05) is 25.1 Å². The number of benzene rings is 1. The first kappa shape index (κ1) is 18.0. The predicted molar refractivity (Wildman–Crippen MR) is 96.4 cm³/mol. The number of anilines is 2. The third-order valence-corrected chi connectivity index (χ3v) is 3.57. The van der Waals surface area contributed by atoms with E-state index < -0.39 is 0 Å². The maximum atomic E-state index is 12.1. The Bertz CT molecular complexity index is 707. The molecule has 7 heteroatoms. The summed E-state index contributed by atoms with van der Waals surface area (Å²) in [6, 6.07) is 8.87. The highest BCUT2D eigenvalue weighted by Gasteiger charge is 2.08. The molecular weight excluding hydrogens is 328 g/mol. The second-order valence-corrected chi connectivity index (χ2v) is 5.87. The van der Waals surface area contributed by atoms with E-state index in [2.05, 4.69) is 15.6 Å². The average Bonchev–Trinajstić information content (AvgIpc) is 2.55. The number of rotatable bonds is 7. The van der Waals surface area contributed by atoms with Crippen LogP contribution in [0.25, 0.3) is 0 Å². The summed E-state index contributed by atoms with van der Waals surface area (Å²) in [6.07, 6.45) is 1.59. The molecule has 2 rings (SSSR count). The lowest BCUT2D eigenvalue weighted by atomic mass is 10.2. The highest BCUT2D eigenvalue weighted by atomic mass is 35.5. The molecule has 0 saturated heterocycles. The number of carbonyl (C=O) groups is 1. The number of methoxy groups -OCH3 is 1. The fourth-order valence-corrected chi connectivity index (χ4v) is 2.28. The van der Waals surface area contributed by atoms with Crippen LogP contribution < -0.4 is 15.4 Å². The maximum absolute atomic E-state index is 12.1. The molecule has 1 heterocycles. The summed E-state index contributed by atoms with van der Waals surface area (Å²) < 4.78 is 5.13. The van der Waals surface area contributed by atoms with Gasteiger partial charge in [0.2, 0.25) is 0 Å². The minimum absolute atomic E-state index is 0.201. The minimum atomic E-state index is -0.201. The van der Waals surface area contributed by atoms with E-state index in [0.717, 1.165) is 17.9 Å². The molecule has 1 aromatic carbocycles. The van der Waals surface area contributed by atoms with Gasteiger partial charge in [0.25, 0.3) is 5.91 Å². The Labute approximate surface area is 146 Å². The predicted octanol–water partition coefficient (Wildman–Crippen LogP) is 2.78. The third-order valence-electron chi connectivity index (χ3n) is 3.28. The zero-order valence-corrected chi connectivity index (χ0v) is 14.7. The monoisotopic (exact) mass is 348 g/mol. The smallest absolute Gasteiger partial charge is 0.269 e. The van der Waals surface area contributed by atoms with Crippen LogP contribution in [0.15, 0.2) is 36.5 Å². The van der Waals surface area contributed by atoms with Crippen molar-refractivity contribution in [1.82, 2.24) is 15.2 Å². The fourth-order valence-electron chi connectivity index (χ4n) is 2.03. The molecule has 2 N–H and O–H groups in total. The molecule has 1 amide bonds. The molecule has 2 aromatic rings. The van der Waals surface area contributed by atoms with Crippen LogP contribution in [0.2, 0.25) is 5.02 Å². The van der Waals surface area contributed by atoms with Gasteiger partial charge in [-0.2, -0.15) is 0 Å². The number of nitrogens with one attached hydrogen (secondary N) is 2. The largest absolute Gasteiger partial charge is 0.495 e. The summed E-state index contributed by atoms with van der Waals surface area (Å²) in [5.41, 5.74) is 1.91. The lowest BCUT2D eigenvalue weighted by molar-refractivity contribution is 0.0946. The van der Waals surface area contributed by atoms with Crippen molar-refractivity contribution < 1.29 is 9.53 Å². The summed E-state index contributed by atoms with van der Waals surface area (Å²) >= 11 is 6.11. The number of likely N-dealkylation sites (N-methyl/N-ethyl adjacent to an activating group) is 1. The van der Waals surface area contributed by atoms with Gasteiger partial charge in [-0.15, -0.1) is 0 Å². The molecule has 1 aromatic heterocycles. The Morgan fingerprint density at radius 3 is 2.67 bits per heavy atom. The van der Waals surface area contributed by atoms with E-state index in [-0.39, 0.29) is 5.91 Å². The Morgan fingerprint density at radius 2 is 2.00 bits per heavy atom. The quantitative estimate of drug-likeness (QED) is 0.805. The second kappa shape index (κ2) is 8.52. The van der Waals surface area contributed by atoms with Crippen LogP contribution >= 0.6 is 11.6 Å². The first-order valence-corrected chi connectivity index (χ1v) is 7.87. The van der Waals surface area contributed by atoms with Crippen LogP contribution in [0.5, 0.6) is 5.75 Å². The number of pyridine rings is 1. The highest BCUT2D eigenvalue weighted by molar-refractivity contribution is 6.32. The summed E-state index contributed by atoms with van der Waals surface area (Å²) in [5, 5.41) is 6.55. The number of carbonyl (C=O) groups excluding carboxylic acids is 1. The van der Waals surface area contributed by atoms with Crippen molar-refractivity contribution in [2.75, 3.05) is 39.6 Å². The lowest BCUT2D eigenvalue weighted by Crippen LogP contribution is -2.31. The number of hydrogen-bond acceptors (Lipinski definition) is 5. The first-order valence-electron chi connectivity index (χ1n) is 7.49. The standard InChI is InChI=1S/C17H21ClN4O2/c1-22(2)9-8-20-17(23)15-11-13(6-7-19-15)21-12-4-5-16(24-3)14(18)10-12/h4-7,10-11H,8-9H2,1-3H3,(H,19,21)(H,20,23). The van der Waals surface area contributed by atoms with E-state index in [9.17, 15) is 4.79 Å². The molecule has 24 heavy (non-hydrogen) atoms. The molecule has 0 bridgehead atoms. The topological polar surface area (TPSA) is 66.5 Å².